The number of benzene rings is 1. The van der Waals surface area contributed by atoms with E-state index in [2.05, 4.69) is 0 Å². The maximum Gasteiger partial charge on any atom is 0.226 e. The van der Waals surface area contributed by atoms with Gasteiger partial charge in [0, 0.05) is 24.8 Å². The van der Waals surface area contributed by atoms with Crippen LogP contribution in [0.5, 0.6) is 5.75 Å². The van der Waals surface area contributed by atoms with E-state index in [0.29, 0.717) is 44.0 Å². The number of hydrogen-bond donors (Lipinski definition) is 2. The van der Waals surface area contributed by atoms with Crippen LogP contribution < -0.4 is 10.5 Å². The molecule has 19 heavy (non-hydrogen) atoms. The van der Waals surface area contributed by atoms with Gasteiger partial charge in [-0.15, -0.1) is 0 Å². The molecule has 104 valence electrons. The van der Waals surface area contributed by atoms with Crippen molar-refractivity contribution >= 4 is 11.6 Å². The number of aliphatic hydroxyl groups is 1. The van der Waals surface area contributed by atoms with E-state index in [9.17, 15) is 9.90 Å². The number of likely N-dealkylation sites (tertiary alicyclic amines) is 1. The Kier molecular flexibility index (Phi) is 3.95. The number of ether oxygens (including phenoxy) is 1. The predicted molar refractivity (Wildman–Crippen MR) is 72.8 cm³/mol. The van der Waals surface area contributed by atoms with Crippen molar-refractivity contribution in [2.24, 2.45) is 0 Å². The lowest BCUT2D eigenvalue weighted by atomic mass is 10.1. The average molecular weight is 264 g/mol. The molecule has 1 aliphatic heterocycles. The summed E-state index contributed by atoms with van der Waals surface area (Å²) in [5.74, 6) is 0.683. The molecule has 1 heterocycles. The molecule has 0 bridgehead atoms. The Morgan fingerprint density at radius 1 is 1.58 bits per heavy atom. The molecule has 0 saturated carbocycles. The summed E-state index contributed by atoms with van der Waals surface area (Å²) in [7, 11) is 0. The summed E-state index contributed by atoms with van der Waals surface area (Å²) < 4.78 is 5.48. The molecule has 1 saturated heterocycles. The normalized spacial score (nSPS) is 22.5. The van der Waals surface area contributed by atoms with E-state index in [-0.39, 0.29) is 5.91 Å². The Balaban J connectivity index is 1.76. The summed E-state index contributed by atoms with van der Waals surface area (Å²) in [6, 6.07) is 7.13. The second kappa shape index (κ2) is 5.48. The molecule has 0 aliphatic carbocycles. The van der Waals surface area contributed by atoms with Crippen molar-refractivity contribution in [3.05, 3.63) is 24.3 Å². The summed E-state index contributed by atoms with van der Waals surface area (Å²) >= 11 is 0. The van der Waals surface area contributed by atoms with E-state index < -0.39 is 5.60 Å². The Bertz CT molecular complexity index is 460. The van der Waals surface area contributed by atoms with Gasteiger partial charge in [0.15, 0.2) is 0 Å². The maximum atomic E-state index is 11.9. The molecule has 5 heteroatoms. The molecule has 2 rings (SSSR count). The van der Waals surface area contributed by atoms with Gasteiger partial charge in [-0.3, -0.25) is 4.79 Å². The van der Waals surface area contributed by atoms with Crippen LogP contribution in [0, 0.1) is 0 Å². The molecule has 1 amide bonds. The zero-order valence-electron chi connectivity index (χ0n) is 11.1. The average Bonchev–Trinajstić information content (AvgIpc) is 2.70. The molecule has 1 aliphatic rings. The van der Waals surface area contributed by atoms with Gasteiger partial charge < -0.3 is 20.5 Å². The fraction of sp³-hybridized carbons (Fsp3) is 0.500. The number of carbonyl (C=O) groups is 1. The zero-order valence-corrected chi connectivity index (χ0v) is 11.1. The van der Waals surface area contributed by atoms with Gasteiger partial charge >= 0.3 is 0 Å². The minimum atomic E-state index is -0.746. The molecule has 0 spiro atoms. The lowest BCUT2D eigenvalue weighted by Gasteiger charge is -2.19. The highest BCUT2D eigenvalue weighted by Crippen LogP contribution is 2.21. The highest BCUT2D eigenvalue weighted by Gasteiger charge is 2.33. The van der Waals surface area contributed by atoms with E-state index in [1.165, 1.54) is 0 Å². The number of anilines is 1. The fourth-order valence-electron chi connectivity index (χ4n) is 2.18. The summed E-state index contributed by atoms with van der Waals surface area (Å²) in [6.45, 7) is 3.10. The van der Waals surface area contributed by atoms with E-state index in [1.807, 2.05) is 12.1 Å². The van der Waals surface area contributed by atoms with Crippen molar-refractivity contribution in [3.63, 3.8) is 0 Å². The summed E-state index contributed by atoms with van der Waals surface area (Å²) in [5.41, 5.74) is 5.53. The zero-order chi connectivity index (χ0) is 13.9. The molecule has 0 radical (unpaired) electrons. The van der Waals surface area contributed by atoms with E-state index in [0.717, 1.165) is 0 Å². The second-order valence-electron chi connectivity index (χ2n) is 5.23. The van der Waals surface area contributed by atoms with Crippen LogP contribution in [0.3, 0.4) is 0 Å². The largest absolute Gasteiger partial charge is 0.493 e. The van der Waals surface area contributed by atoms with Crippen LogP contribution in [-0.4, -0.2) is 41.2 Å². The van der Waals surface area contributed by atoms with Gasteiger partial charge in [-0.05, 0) is 25.5 Å². The number of β-amino-alcohol motifs (C(OH)–C–C–N with tert-alkyl or cyclic N) is 1. The van der Waals surface area contributed by atoms with Crippen LogP contribution in [0.1, 0.15) is 19.8 Å². The number of carbonyl (C=O) groups excluding carboxylic acids is 1. The van der Waals surface area contributed by atoms with Crippen LogP contribution in [0.25, 0.3) is 0 Å². The lowest BCUT2D eigenvalue weighted by molar-refractivity contribution is -0.131. The third-order valence-electron chi connectivity index (χ3n) is 3.25. The van der Waals surface area contributed by atoms with Gasteiger partial charge in [0.05, 0.1) is 18.6 Å². The monoisotopic (exact) mass is 264 g/mol. The minimum absolute atomic E-state index is 0.0154. The van der Waals surface area contributed by atoms with Gasteiger partial charge in [0.2, 0.25) is 5.91 Å². The van der Waals surface area contributed by atoms with Gasteiger partial charge in [0.25, 0.3) is 0 Å². The second-order valence-corrected chi connectivity index (χ2v) is 5.23. The van der Waals surface area contributed by atoms with Crippen molar-refractivity contribution in [2.75, 3.05) is 25.4 Å². The highest BCUT2D eigenvalue weighted by atomic mass is 16.5. The third-order valence-corrected chi connectivity index (χ3v) is 3.25. The summed E-state index contributed by atoms with van der Waals surface area (Å²) in [4.78, 5) is 13.6. The van der Waals surface area contributed by atoms with Crippen LogP contribution in [0.4, 0.5) is 5.69 Å². The molecule has 1 unspecified atom stereocenters. The SMILES string of the molecule is CC1(O)CCN(C(=O)CCOc2cccc(N)c2)C1. The molecule has 1 aromatic carbocycles. The van der Waals surface area contributed by atoms with E-state index in [4.69, 9.17) is 10.5 Å². The summed E-state index contributed by atoms with van der Waals surface area (Å²) in [6.07, 6.45) is 0.944. The smallest absolute Gasteiger partial charge is 0.226 e. The molecule has 1 atom stereocenters. The first-order chi connectivity index (χ1) is 8.96. The number of nitrogens with zero attached hydrogens (tertiary/aromatic N) is 1. The summed E-state index contributed by atoms with van der Waals surface area (Å²) in [5, 5.41) is 9.81. The number of amides is 1. The maximum absolute atomic E-state index is 11.9. The van der Waals surface area contributed by atoms with Gasteiger partial charge in [0.1, 0.15) is 5.75 Å². The number of nitrogens with two attached hydrogens (primary N) is 1. The van der Waals surface area contributed by atoms with Crippen molar-refractivity contribution < 1.29 is 14.6 Å². The lowest BCUT2D eigenvalue weighted by Crippen LogP contribution is -2.34. The van der Waals surface area contributed by atoms with Crippen molar-refractivity contribution in [1.29, 1.82) is 0 Å². The predicted octanol–water partition coefficient (Wildman–Crippen LogP) is 1.02. The molecular formula is C14H20N2O3. The molecule has 5 nitrogen and oxygen atoms in total. The Hall–Kier alpha value is -1.75. The van der Waals surface area contributed by atoms with E-state index >= 15 is 0 Å². The highest BCUT2D eigenvalue weighted by molar-refractivity contribution is 5.76. The van der Waals surface area contributed by atoms with Gasteiger partial charge in [-0.1, -0.05) is 6.07 Å². The molecular weight excluding hydrogens is 244 g/mol. The van der Waals surface area contributed by atoms with Crippen LogP contribution in [0.15, 0.2) is 24.3 Å². The first-order valence-electron chi connectivity index (χ1n) is 6.45. The first-order valence-corrected chi connectivity index (χ1v) is 6.45. The molecule has 3 N–H and O–H groups in total. The van der Waals surface area contributed by atoms with Crippen LogP contribution >= 0.6 is 0 Å². The Morgan fingerprint density at radius 2 is 2.37 bits per heavy atom. The standard InChI is InChI=1S/C14H20N2O3/c1-14(18)6-7-16(10-14)13(17)5-8-19-12-4-2-3-11(15)9-12/h2-4,9,18H,5-8,10,15H2,1H3. The van der Waals surface area contributed by atoms with Crippen molar-refractivity contribution in [3.8, 4) is 5.75 Å². The topological polar surface area (TPSA) is 75.8 Å². The molecule has 1 aromatic rings. The quantitative estimate of drug-likeness (QED) is 0.796. The third kappa shape index (κ3) is 3.86. The van der Waals surface area contributed by atoms with Crippen LogP contribution in [-0.2, 0) is 4.79 Å². The Labute approximate surface area is 113 Å². The minimum Gasteiger partial charge on any atom is -0.493 e. The van der Waals surface area contributed by atoms with Gasteiger partial charge in [-0.25, -0.2) is 0 Å². The Morgan fingerprint density at radius 3 is 3.00 bits per heavy atom. The molecule has 1 fully saturated rings. The van der Waals surface area contributed by atoms with Crippen LogP contribution in [0.2, 0.25) is 0 Å². The van der Waals surface area contributed by atoms with Crippen molar-refractivity contribution in [1.82, 2.24) is 4.90 Å². The fourth-order valence-corrected chi connectivity index (χ4v) is 2.18. The number of nitrogen functional groups attached to an aromatic ring is 1. The first kappa shape index (κ1) is 13.7. The van der Waals surface area contributed by atoms with E-state index in [1.54, 1.807) is 24.0 Å². The number of rotatable bonds is 4. The van der Waals surface area contributed by atoms with Crippen molar-refractivity contribution in [2.45, 2.75) is 25.4 Å². The van der Waals surface area contributed by atoms with Gasteiger partial charge in [-0.2, -0.15) is 0 Å². The molecule has 0 aromatic heterocycles. The number of hydrogen-bond acceptors (Lipinski definition) is 4.